The van der Waals surface area contributed by atoms with Crippen molar-refractivity contribution in [3.05, 3.63) is 59.7 Å². The Labute approximate surface area is 151 Å². The first-order chi connectivity index (χ1) is 12.4. The van der Waals surface area contributed by atoms with Gasteiger partial charge in [0.05, 0.1) is 18.0 Å². The van der Waals surface area contributed by atoms with E-state index in [4.69, 9.17) is 0 Å². The van der Waals surface area contributed by atoms with Crippen LogP contribution in [-0.4, -0.2) is 27.7 Å². The predicted octanol–water partition coefficient (Wildman–Crippen LogP) is 2.47. The molecule has 0 aliphatic carbocycles. The molecule has 7 nitrogen and oxygen atoms in total. The fourth-order valence-electron chi connectivity index (χ4n) is 2.31. The highest BCUT2D eigenvalue weighted by Gasteiger charge is 2.13. The van der Waals surface area contributed by atoms with Crippen molar-refractivity contribution in [2.24, 2.45) is 5.10 Å². The lowest BCUT2D eigenvalue weighted by Crippen LogP contribution is -2.28. The third-order valence-electron chi connectivity index (χ3n) is 3.67. The number of aromatic hydroxyl groups is 2. The highest BCUT2D eigenvalue weighted by Crippen LogP contribution is 2.22. The van der Waals surface area contributed by atoms with Gasteiger partial charge in [-0.25, -0.2) is 5.43 Å². The summed E-state index contributed by atoms with van der Waals surface area (Å²) >= 11 is 0. The summed E-state index contributed by atoms with van der Waals surface area (Å²) in [5, 5.41) is 25.6. The van der Waals surface area contributed by atoms with Crippen LogP contribution >= 0.6 is 0 Å². The lowest BCUT2D eigenvalue weighted by molar-refractivity contribution is -0.120. The molecule has 7 heteroatoms. The van der Waals surface area contributed by atoms with Gasteiger partial charge in [-0.3, -0.25) is 9.59 Å². The van der Waals surface area contributed by atoms with E-state index in [0.29, 0.717) is 5.71 Å². The summed E-state index contributed by atoms with van der Waals surface area (Å²) in [6.45, 7) is 3.50. The second kappa shape index (κ2) is 8.66. The molecule has 4 N–H and O–H groups in total. The van der Waals surface area contributed by atoms with E-state index in [1.54, 1.807) is 6.92 Å². The zero-order valence-electron chi connectivity index (χ0n) is 14.6. The molecule has 1 unspecified atom stereocenters. The molecule has 0 heterocycles. The summed E-state index contributed by atoms with van der Waals surface area (Å²) in [6, 6.07) is 13.0. The van der Waals surface area contributed by atoms with Crippen LogP contribution in [0, 0.1) is 0 Å². The van der Waals surface area contributed by atoms with Crippen LogP contribution in [0.5, 0.6) is 11.5 Å². The number of hydrazone groups is 1. The van der Waals surface area contributed by atoms with Crippen molar-refractivity contribution in [2.45, 2.75) is 26.3 Å². The van der Waals surface area contributed by atoms with Crippen molar-refractivity contribution >= 4 is 17.5 Å². The van der Waals surface area contributed by atoms with Gasteiger partial charge in [-0.05, 0) is 31.5 Å². The third kappa shape index (κ3) is 5.34. The van der Waals surface area contributed by atoms with Gasteiger partial charge in [-0.15, -0.1) is 0 Å². The van der Waals surface area contributed by atoms with Crippen molar-refractivity contribution in [1.29, 1.82) is 0 Å². The molecule has 0 radical (unpaired) electrons. The first-order valence-corrected chi connectivity index (χ1v) is 8.06. The SMILES string of the molecule is C/C(CC(=O)NC(C)c1ccccc1)=N\NC(=O)c1ccc(O)cc1O. The van der Waals surface area contributed by atoms with Gasteiger partial charge in [0.2, 0.25) is 5.91 Å². The van der Waals surface area contributed by atoms with Gasteiger partial charge in [0, 0.05) is 11.8 Å². The molecule has 0 aliphatic rings. The molecule has 2 rings (SSSR count). The molecule has 0 fully saturated rings. The van der Waals surface area contributed by atoms with Crippen LogP contribution in [0.1, 0.15) is 42.2 Å². The van der Waals surface area contributed by atoms with E-state index < -0.39 is 5.91 Å². The molecule has 136 valence electrons. The summed E-state index contributed by atoms with van der Waals surface area (Å²) < 4.78 is 0. The zero-order chi connectivity index (χ0) is 19.1. The predicted molar refractivity (Wildman–Crippen MR) is 98.0 cm³/mol. The van der Waals surface area contributed by atoms with Crippen molar-refractivity contribution in [3.63, 3.8) is 0 Å². The average Bonchev–Trinajstić information content (AvgIpc) is 2.60. The summed E-state index contributed by atoms with van der Waals surface area (Å²) in [5.41, 5.74) is 3.65. The van der Waals surface area contributed by atoms with Gasteiger partial charge in [0.25, 0.3) is 5.91 Å². The maximum Gasteiger partial charge on any atom is 0.275 e. The Bertz CT molecular complexity index is 819. The van der Waals surface area contributed by atoms with Gasteiger partial charge in [0.1, 0.15) is 11.5 Å². The normalized spacial score (nSPS) is 12.3. The van der Waals surface area contributed by atoms with Crippen LogP contribution in [0.15, 0.2) is 53.6 Å². The van der Waals surface area contributed by atoms with Crippen molar-refractivity contribution < 1.29 is 19.8 Å². The Morgan fingerprint density at radius 3 is 2.46 bits per heavy atom. The third-order valence-corrected chi connectivity index (χ3v) is 3.67. The summed E-state index contributed by atoms with van der Waals surface area (Å²) in [7, 11) is 0. The molecule has 2 amide bonds. The van der Waals surface area contributed by atoms with E-state index in [9.17, 15) is 19.8 Å². The number of phenolic OH excluding ortho intramolecular Hbond substituents is 2. The standard InChI is InChI=1S/C19H21N3O4/c1-12(10-18(25)20-13(2)14-6-4-3-5-7-14)21-22-19(26)16-9-8-15(23)11-17(16)24/h3-9,11,13,23-24H,10H2,1-2H3,(H,20,25)(H,22,26)/b21-12+. The van der Waals surface area contributed by atoms with Crippen LogP contribution in [0.4, 0.5) is 0 Å². The van der Waals surface area contributed by atoms with Gasteiger partial charge < -0.3 is 15.5 Å². The van der Waals surface area contributed by atoms with Crippen molar-refractivity contribution in [3.8, 4) is 11.5 Å². The maximum absolute atomic E-state index is 12.1. The number of nitrogens with one attached hydrogen (secondary N) is 2. The van der Waals surface area contributed by atoms with Crippen LogP contribution in [0.2, 0.25) is 0 Å². The van der Waals surface area contributed by atoms with Crippen molar-refractivity contribution in [2.75, 3.05) is 0 Å². The minimum absolute atomic E-state index is 0.0264. The molecule has 0 saturated heterocycles. The molecular formula is C19H21N3O4. The molecule has 2 aromatic carbocycles. The van der Waals surface area contributed by atoms with E-state index in [1.807, 2.05) is 37.3 Å². The van der Waals surface area contributed by atoms with Gasteiger partial charge in [-0.1, -0.05) is 30.3 Å². The molecule has 0 aliphatic heterocycles. The number of carbonyl (C=O) groups is 2. The minimum Gasteiger partial charge on any atom is -0.508 e. The molecule has 1 atom stereocenters. The number of rotatable bonds is 6. The number of phenols is 2. The largest absolute Gasteiger partial charge is 0.508 e. The number of hydrogen-bond acceptors (Lipinski definition) is 5. The number of amides is 2. The van der Waals surface area contributed by atoms with E-state index in [-0.39, 0.29) is 35.4 Å². The quantitative estimate of drug-likeness (QED) is 0.471. The van der Waals surface area contributed by atoms with E-state index in [2.05, 4.69) is 15.8 Å². The molecular weight excluding hydrogens is 334 g/mol. The van der Waals surface area contributed by atoms with Gasteiger partial charge in [0.15, 0.2) is 0 Å². The fraction of sp³-hybridized carbons (Fsp3) is 0.211. The van der Waals surface area contributed by atoms with E-state index >= 15 is 0 Å². The highest BCUT2D eigenvalue weighted by atomic mass is 16.3. The van der Waals surface area contributed by atoms with Gasteiger partial charge >= 0.3 is 0 Å². The number of benzene rings is 2. The summed E-state index contributed by atoms with van der Waals surface area (Å²) in [4.78, 5) is 24.0. The van der Waals surface area contributed by atoms with Crippen LogP contribution in [0.25, 0.3) is 0 Å². The minimum atomic E-state index is -0.639. The lowest BCUT2D eigenvalue weighted by atomic mass is 10.1. The second-order valence-corrected chi connectivity index (χ2v) is 5.87. The topological polar surface area (TPSA) is 111 Å². The van der Waals surface area contributed by atoms with Crippen LogP contribution in [0.3, 0.4) is 0 Å². The molecule has 0 aromatic heterocycles. The van der Waals surface area contributed by atoms with Crippen LogP contribution < -0.4 is 10.7 Å². The molecule has 0 spiro atoms. The zero-order valence-corrected chi connectivity index (χ0v) is 14.6. The Balaban J connectivity index is 1.89. The molecule has 0 saturated carbocycles. The Kier molecular flexibility index (Phi) is 6.32. The fourth-order valence-corrected chi connectivity index (χ4v) is 2.31. The highest BCUT2D eigenvalue weighted by molar-refractivity contribution is 6.01. The molecule has 26 heavy (non-hydrogen) atoms. The second-order valence-electron chi connectivity index (χ2n) is 5.87. The number of hydrogen-bond donors (Lipinski definition) is 4. The average molecular weight is 355 g/mol. The maximum atomic E-state index is 12.1. The van der Waals surface area contributed by atoms with Gasteiger partial charge in [-0.2, -0.15) is 5.10 Å². The Morgan fingerprint density at radius 1 is 1.12 bits per heavy atom. The lowest BCUT2D eigenvalue weighted by Gasteiger charge is -2.14. The first kappa shape index (κ1) is 19.0. The summed E-state index contributed by atoms with van der Waals surface area (Å²) in [6.07, 6.45) is 0.0268. The first-order valence-electron chi connectivity index (χ1n) is 8.06. The van der Waals surface area contributed by atoms with E-state index in [1.165, 1.54) is 12.1 Å². The number of nitrogens with zero attached hydrogens (tertiary/aromatic N) is 1. The van der Waals surface area contributed by atoms with E-state index in [0.717, 1.165) is 11.6 Å². The van der Waals surface area contributed by atoms with Crippen LogP contribution in [-0.2, 0) is 4.79 Å². The molecule has 0 bridgehead atoms. The monoisotopic (exact) mass is 355 g/mol. The smallest absolute Gasteiger partial charge is 0.275 e. The summed E-state index contributed by atoms with van der Waals surface area (Å²) in [5.74, 6) is -1.36. The van der Waals surface area contributed by atoms with Crippen molar-refractivity contribution in [1.82, 2.24) is 10.7 Å². The number of carbonyl (C=O) groups excluding carboxylic acids is 2. The Morgan fingerprint density at radius 2 is 1.81 bits per heavy atom. The Hall–Kier alpha value is -3.35. The molecule has 2 aromatic rings.